The zero-order chi connectivity index (χ0) is 31.3. The lowest BCUT2D eigenvalue weighted by Crippen LogP contribution is -2.50. The van der Waals surface area contributed by atoms with Crippen molar-refractivity contribution in [1.29, 1.82) is 0 Å². The van der Waals surface area contributed by atoms with Gasteiger partial charge in [-0.05, 0) is 66.3 Å². The Balaban J connectivity index is 1.44. The second kappa shape index (κ2) is 12.0. The first-order valence-corrected chi connectivity index (χ1v) is 17.5. The van der Waals surface area contributed by atoms with E-state index in [1.54, 1.807) is 19.2 Å². The molecule has 1 saturated heterocycles. The summed E-state index contributed by atoms with van der Waals surface area (Å²) in [5.74, 6) is 0.495. The Morgan fingerprint density at radius 1 is 0.867 bits per heavy atom. The van der Waals surface area contributed by atoms with Crippen molar-refractivity contribution in [3.63, 3.8) is 0 Å². The molecule has 238 valence electrons. The van der Waals surface area contributed by atoms with Gasteiger partial charge in [0.1, 0.15) is 5.75 Å². The minimum absolute atomic E-state index is 0.0898. The fourth-order valence-corrected chi connectivity index (χ4v) is 8.31. The average Bonchev–Trinajstić information content (AvgIpc) is 3.26. The number of rotatable bonds is 2. The van der Waals surface area contributed by atoms with E-state index in [2.05, 4.69) is 25.2 Å². The quantitative estimate of drug-likeness (QED) is 0.458. The van der Waals surface area contributed by atoms with Crippen LogP contribution in [0.25, 0.3) is 28.2 Å². The first kappa shape index (κ1) is 30.2. The van der Waals surface area contributed by atoms with Gasteiger partial charge in [0.05, 0.1) is 25.9 Å². The first-order valence-electron chi connectivity index (χ1n) is 16.0. The average molecular weight is 632 g/mol. The van der Waals surface area contributed by atoms with Gasteiger partial charge < -0.3 is 9.30 Å². The maximum Gasteiger partial charge on any atom is 0.303 e. The molecule has 1 aromatic heterocycles. The molecule has 0 radical (unpaired) electrons. The maximum absolute atomic E-state index is 14.1. The van der Waals surface area contributed by atoms with Crippen LogP contribution in [0.1, 0.15) is 59.5 Å². The zero-order valence-electron chi connectivity index (χ0n) is 26.0. The van der Waals surface area contributed by atoms with Crippen molar-refractivity contribution in [2.45, 2.75) is 44.6 Å². The van der Waals surface area contributed by atoms with Crippen molar-refractivity contribution in [1.82, 2.24) is 23.4 Å². The van der Waals surface area contributed by atoms with Gasteiger partial charge in [0.15, 0.2) is 5.78 Å². The van der Waals surface area contributed by atoms with E-state index in [4.69, 9.17) is 4.74 Å². The summed E-state index contributed by atoms with van der Waals surface area (Å²) in [6, 6.07) is 11.6. The van der Waals surface area contributed by atoms with Gasteiger partial charge in [-0.15, -0.1) is 0 Å². The van der Waals surface area contributed by atoms with Crippen molar-refractivity contribution in [3.8, 4) is 17.0 Å². The van der Waals surface area contributed by atoms with Gasteiger partial charge in [0.25, 0.3) is 5.91 Å². The third kappa shape index (κ3) is 5.71. The van der Waals surface area contributed by atoms with E-state index in [1.807, 2.05) is 24.3 Å². The van der Waals surface area contributed by atoms with Crippen molar-refractivity contribution >= 4 is 38.9 Å². The molecule has 1 N–H and O–H groups in total. The van der Waals surface area contributed by atoms with Crippen LogP contribution in [0.15, 0.2) is 42.0 Å². The van der Waals surface area contributed by atoms with E-state index in [-0.39, 0.29) is 17.9 Å². The molecule has 10 nitrogen and oxygen atoms in total. The Bertz CT molecular complexity index is 1800. The summed E-state index contributed by atoms with van der Waals surface area (Å²) in [6.45, 7) is 4.42. The second-order valence-electron chi connectivity index (χ2n) is 12.8. The smallest absolute Gasteiger partial charge is 0.303 e. The number of methoxy groups -OCH3 is 1. The third-order valence-corrected chi connectivity index (χ3v) is 11.6. The maximum atomic E-state index is 14.1. The third-order valence-electron chi connectivity index (χ3n) is 10.1. The summed E-state index contributed by atoms with van der Waals surface area (Å²) >= 11 is 0. The number of amides is 1. The molecular weight excluding hydrogens is 590 g/mol. The molecule has 5 aliphatic rings. The van der Waals surface area contributed by atoms with Gasteiger partial charge in [-0.2, -0.15) is 12.7 Å². The Kier molecular flexibility index (Phi) is 8.05. The number of carbonyl (C=O) groups is 2. The Morgan fingerprint density at radius 3 is 2.36 bits per heavy atom. The van der Waals surface area contributed by atoms with Crippen LogP contribution in [0.4, 0.5) is 0 Å². The molecule has 2 aromatic carbocycles. The van der Waals surface area contributed by atoms with Crippen molar-refractivity contribution < 1.29 is 22.7 Å². The molecular formula is C34H41N5O5S. The Morgan fingerprint density at radius 2 is 1.60 bits per heavy atom. The number of piperazine rings is 1. The molecule has 5 heterocycles. The van der Waals surface area contributed by atoms with Gasteiger partial charge in [-0.1, -0.05) is 25.3 Å². The number of ether oxygens (including phenoxy) is 1. The number of likely N-dealkylation sites (N-methyl/N-ethyl adjacent to an activating group) is 1. The van der Waals surface area contributed by atoms with Crippen LogP contribution in [0.3, 0.4) is 0 Å². The number of hydrogen-bond acceptors (Lipinski definition) is 7. The summed E-state index contributed by atoms with van der Waals surface area (Å²) < 4.78 is 37.7. The van der Waals surface area contributed by atoms with Crippen LogP contribution < -0.4 is 9.46 Å². The number of carbonyl (C=O) groups excluding carboxylic acids is 2. The number of nitrogens with zero attached hydrogens (tertiary/aromatic N) is 4. The van der Waals surface area contributed by atoms with E-state index < -0.39 is 16.1 Å². The predicted molar refractivity (Wildman–Crippen MR) is 175 cm³/mol. The Hall–Kier alpha value is -3.51. The highest BCUT2D eigenvalue weighted by molar-refractivity contribution is 7.87. The lowest BCUT2D eigenvalue weighted by Gasteiger charge is -2.35. The molecule has 0 atom stereocenters. The second-order valence-corrected chi connectivity index (χ2v) is 14.6. The van der Waals surface area contributed by atoms with Gasteiger partial charge in [-0.25, -0.2) is 4.72 Å². The molecule has 1 aliphatic carbocycles. The molecule has 0 unspecified atom stereocenters. The van der Waals surface area contributed by atoms with Gasteiger partial charge in [0.2, 0.25) is 0 Å². The minimum Gasteiger partial charge on any atom is -0.497 e. The highest BCUT2D eigenvalue weighted by atomic mass is 32.2. The van der Waals surface area contributed by atoms with E-state index >= 15 is 0 Å². The summed E-state index contributed by atoms with van der Waals surface area (Å²) in [4.78, 5) is 32.0. The monoisotopic (exact) mass is 631 g/mol. The van der Waals surface area contributed by atoms with Crippen LogP contribution in [0.5, 0.6) is 5.75 Å². The number of nitrogens with one attached hydrogen (secondary N) is 1. The van der Waals surface area contributed by atoms with Crippen LogP contribution >= 0.6 is 0 Å². The van der Waals surface area contributed by atoms with Gasteiger partial charge in [0, 0.05) is 73.9 Å². The van der Waals surface area contributed by atoms with E-state index in [9.17, 15) is 18.0 Å². The fourth-order valence-electron chi connectivity index (χ4n) is 7.48. The van der Waals surface area contributed by atoms with E-state index in [0.29, 0.717) is 31.1 Å². The predicted octanol–water partition coefficient (Wildman–Crippen LogP) is 3.87. The number of ketones is 1. The number of Topliss-reactive ketones (excluding diaryl/α,β-unsaturated/α-hetero) is 1. The lowest BCUT2D eigenvalue weighted by atomic mass is 9.81. The molecule has 11 heteroatoms. The summed E-state index contributed by atoms with van der Waals surface area (Å²) in [5.41, 5.74) is 6.10. The van der Waals surface area contributed by atoms with Crippen LogP contribution in [-0.4, -0.2) is 98.8 Å². The summed E-state index contributed by atoms with van der Waals surface area (Å²) in [6.07, 6.45) is 7.73. The van der Waals surface area contributed by atoms with Crippen LogP contribution in [-0.2, 0) is 21.5 Å². The van der Waals surface area contributed by atoms with Crippen molar-refractivity contribution in [3.05, 3.63) is 58.7 Å². The van der Waals surface area contributed by atoms with E-state index in [1.165, 1.54) is 23.3 Å². The van der Waals surface area contributed by atoms with Crippen molar-refractivity contribution in [2.75, 3.05) is 60.0 Å². The van der Waals surface area contributed by atoms with E-state index in [0.717, 1.165) is 85.3 Å². The molecule has 45 heavy (non-hydrogen) atoms. The number of hydrogen-bond donors (Lipinski definition) is 1. The van der Waals surface area contributed by atoms with Crippen LogP contribution in [0.2, 0.25) is 0 Å². The molecule has 0 spiro atoms. The molecule has 3 aromatic rings. The summed E-state index contributed by atoms with van der Waals surface area (Å²) in [5, 5.41) is 1.05. The highest BCUT2D eigenvalue weighted by Gasteiger charge is 2.32. The zero-order valence-corrected chi connectivity index (χ0v) is 26.9. The number of fused-ring (bicyclic) bond motifs is 10. The SMILES string of the molecule is COc1ccc2c(c1)C=C1Cn3c-2c(C2CCCCC2)c2ccc(cc23)C(=O)NS(=O)(=O)N(C)CCN2CCN(CC2)CC1=O. The molecule has 4 aliphatic heterocycles. The lowest BCUT2D eigenvalue weighted by molar-refractivity contribution is -0.117. The number of benzene rings is 2. The topological polar surface area (TPSA) is 104 Å². The molecule has 1 saturated carbocycles. The standard InChI is InChI=1S/C34H41N5O5S/c1-36-12-13-37-14-16-38(17-15-37)22-31(40)26-18-25-19-27(44-2)9-11-28(25)33-32(23-6-4-3-5-7-23)29-10-8-24(20-30(29)39(33)21-26)34(41)35-45(36,42)43/h8-11,18-20,23H,3-7,12-17,21-22H2,1-2H3,(H,35,41). The van der Waals surface area contributed by atoms with Crippen LogP contribution in [0, 0.1) is 0 Å². The molecule has 8 rings (SSSR count). The normalized spacial score (nSPS) is 24.5. The van der Waals surface area contributed by atoms with Gasteiger partial charge >= 0.3 is 10.2 Å². The molecule has 2 fully saturated rings. The first-order chi connectivity index (χ1) is 21.7. The molecule has 1 amide bonds. The largest absolute Gasteiger partial charge is 0.497 e. The number of aromatic nitrogens is 1. The van der Waals surface area contributed by atoms with Crippen molar-refractivity contribution in [2.24, 2.45) is 0 Å². The summed E-state index contributed by atoms with van der Waals surface area (Å²) in [7, 11) is -0.886. The highest BCUT2D eigenvalue weighted by Crippen LogP contribution is 2.47. The minimum atomic E-state index is -4.03. The fraction of sp³-hybridized carbons (Fsp3) is 0.471. The Labute approximate surface area is 264 Å². The molecule has 6 bridgehead atoms. The van der Waals surface area contributed by atoms with Gasteiger partial charge in [-0.3, -0.25) is 19.4 Å².